The predicted octanol–water partition coefficient (Wildman–Crippen LogP) is 1.68. The van der Waals surface area contributed by atoms with Crippen LogP contribution in [-0.2, 0) is 4.79 Å². The van der Waals surface area contributed by atoms with E-state index in [1.165, 1.54) is 20.9 Å². The zero-order valence-electron chi connectivity index (χ0n) is 10.5. The van der Waals surface area contributed by atoms with Crippen molar-refractivity contribution in [3.05, 3.63) is 24.3 Å². The monoisotopic (exact) mass is 252 g/mol. The Bertz CT molecular complexity index is 440. The van der Waals surface area contributed by atoms with Crippen LogP contribution in [-0.4, -0.2) is 29.8 Å². The molecule has 0 aliphatic carbocycles. The van der Waals surface area contributed by atoms with Gasteiger partial charge in [0.25, 0.3) is 0 Å². The zero-order chi connectivity index (χ0) is 13.8. The molecule has 6 heteroatoms. The lowest BCUT2D eigenvalue weighted by atomic mass is 10.1. The molecule has 0 saturated carbocycles. The summed E-state index contributed by atoms with van der Waals surface area (Å²) in [7, 11) is 1.52. The van der Waals surface area contributed by atoms with Crippen molar-refractivity contribution in [2.45, 2.75) is 19.4 Å². The maximum absolute atomic E-state index is 11.1. The number of hydrogen-bond donors (Lipinski definition) is 3. The van der Waals surface area contributed by atoms with Crippen molar-refractivity contribution in [3.8, 4) is 5.75 Å². The van der Waals surface area contributed by atoms with Crippen molar-refractivity contribution in [1.82, 2.24) is 5.32 Å². The molecule has 18 heavy (non-hydrogen) atoms. The lowest BCUT2D eigenvalue weighted by Crippen LogP contribution is -2.37. The number of carbonyl (C=O) groups is 2. The van der Waals surface area contributed by atoms with Crippen molar-refractivity contribution in [2.75, 3.05) is 12.4 Å². The summed E-state index contributed by atoms with van der Waals surface area (Å²) in [5, 5.41) is 13.9. The minimum absolute atomic E-state index is 0.325. The average molecular weight is 252 g/mol. The van der Waals surface area contributed by atoms with Gasteiger partial charge in [-0.2, -0.15) is 0 Å². The molecule has 0 spiro atoms. The number of ether oxygens (including phenoxy) is 1. The van der Waals surface area contributed by atoms with Crippen LogP contribution in [0.2, 0.25) is 0 Å². The number of carboxylic acids is 1. The second-order valence-electron chi connectivity index (χ2n) is 4.15. The van der Waals surface area contributed by atoms with Gasteiger partial charge in [-0.3, -0.25) is 0 Å². The second-order valence-corrected chi connectivity index (χ2v) is 4.15. The molecule has 1 aromatic rings. The highest BCUT2D eigenvalue weighted by molar-refractivity contribution is 5.89. The number of benzene rings is 1. The first-order chi connectivity index (χ1) is 8.35. The molecular weight excluding hydrogens is 236 g/mol. The molecule has 98 valence electrons. The zero-order valence-corrected chi connectivity index (χ0v) is 10.5. The largest absolute Gasteiger partial charge is 0.478 e. The lowest BCUT2D eigenvalue weighted by Gasteiger charge is -2.21. The van der Waals surface area contributed by atoms with Crippen LogP contribution in [0.3, 0.4) is 0 Å². The Hall–Kier alpha value is -2.24. The highest BCUT2D eigenvalue weighted by Gasteiger charge is 2.29. The van der Waals surface area contributed by atoms with E-state index in [1.54, 1.807) is 24.3 Å². The molecule has 0 atom stereocenters. The SMILES string of the molecule is CNC(=O)Nc1ccc(OC(C)(C)C(=O)O)cc1. The van der Waals surface area contributed by atoms with Crippen molar-refractivity contribution in [3.63, 3.8) is 0 Å². The van der Waals surface area contributed by atoms with E-state index in [0.29, 0.717) is 11.4 Å². The van der Waals surface area contributed by atoms with Crippen LogP contribution < -0.4 is 15.4 Å². The van der Waals surface area contributed by atoms with E-state index in [9.17, 15) is 9.59 Å². The standard InChI is InChI=1S/C12H16N2O4/c1-12(2,10(15)16)18-9-6-4-8(5-7-9)14-11(17)13-3/h4-7H,1-3H3,(H,15,16)(H2,13,14,17). The Morgan fingerprint density at radius 3 is 2.22 bits per heavy atom. The van der Waals surface area contributed by atoms with Crippen LogP contribution in [0, 0.1) is 0 Å². The normalized spacial score (nSPS) is 10.6. The van der Waals surface area contributed by atoms with Gasteiger partial charge in [0.2, 0.25) is 0 Å². The van der Waals surface area contributed by atoms with E-state index in [1.807, 2.05) is 0 Å². The molecule has 0 bridgehead atoms. The maximum atomic E-state index is 11.1. The minimum atomic E-state index is -1.30. The summed E-state index contributed by atoms with van der Waals surface area (Å²) < 4.78 is 5.32. The van der Waals surface area contributed by atoms with Gasteiger partial charge in [-0.25, -0.2) is 9.59 Å². The molecule has 6 nitrogen and oxygen atoms in total. The number of anilines is 1. The molecule has 0 unspecified atom stereocenters. The molecule has 3 N–H and O–H groups in total. The van der Waals surface area contributed by atoms with Gasteiger partial charge >= 0.3 is 12.0 Å². The van der Waals surface area contributed by atoms with E-state index < -0.39 is 11.6 Å². The second kappa shape index (κ2) is 5.39. The molecule has 2 amide bonds. The fourth-order valence-electron chi connectivity index (χ4n) is 1.14. The number of hydrogen-bond acceptors (Lipinski definition) is 3. The number of carbonyl (C=O) groups excluding carboxylic acids is 1. The molecule has 1 aromatic carbocycles. The Morgan fingerprint density at radius 2 is 1.78 bits per heavy atom. The van der Waals surface area contributed by atoms with Crippen molar-refractivity contribution in [1.29, 1.82) is 0 Å². The molecule has 0 aliphatic rings. The molecule has 0 aliphatic heterocycles. The topological polar surface area (TPSA) is 87.7 Å². The minimum Gasteiger partial charge on any atom is -0.478 e. The van der Waals surface area contributed by atoms with Crippen molar-refractivity contribution < 1.29 is 19.4 Å². The Morgan fingerprint density at radius 1 is 1.22 bits per heavy atom. The number of urea groups is 1. The summed E-state index contributed by atoms with van der Waals surface area (Å²) in [4.78, 5) is 21.9. The van der Waals surface area contributed by atoms with Crippen LogP contribution in [0.25, 0.3) is 0 Å². The number of nitrogens with one attached hydrogen (secondary N) is 2. The summed E-state index contributed by atoms with van der Waals surface area (Å²) in [5.41, 5.74) is -0.703. The van der Waals surface area contributed by atoms with Crippen molar-refractivity contribution in [2.24, 2.45) is 0 Å². The fraction of sp³-hybridized carbons (Fsp3) is 0.333. The molecule has 0 heterocycles. The Labute approximate surface area is 105 Å². The molecule has 0 saturated heterocycles. The van der Waals surface area contributed by atoms with Crippen molar-refractivity contribution >= 4 is 17.7 Å². The quantitative estimate of drug-likeness (QED) is 0.760. The van der Waals surface area contributed by atoms with Gasteiger partial charge in [-0.05, 0) is 38.1 Å². The van der Waals surface area contributed by atoms with Crippen LogP contribution in [0.5, 0.6) is 5.75 Å². The molecule has 0 radical (unpaired) electrons. The maximum Gasteiger partial charge on any atom is 0.347 e. The van der Waals surface area contributed by atoms with Gasteiger partial charge in [0.15, 0.2) is 5.60 Å². The molecule has 0 fully saturated rings. The van der Waals surface area contributed by atoms with Crippen LogP contribution in [0.4, 0.5) is 10.5 Å². The van der Waals surface area contributed by atoms with E-state index in [2.05, 4.69) is 10.6 Å². The van der Waals surface area contributed by atoms with E-state index in [-0.39, 0.29) is 6.03 Å². The predicted molar refractivity (Wildman–Crippen MR) is 66.9 cm³/mol. The van der Waals surface area contributed by atoms with Crippen LogP contribution in [0.15, 0.2) is 24.3 Å². The molecule has 0 aromatic heterocycles. The van der Waals surface area contributed by atoms with Gasteiger partial charge < -0.3 is 20.5 Å². The fourth-order valence-corrected chi connectivity index (χ4v) is 1.14. The number of amides is 2. The summed E-state index contributed by atoms with van der Waals surface area (Å²) in [6, 6.07) is 6.12. The third-order valence-electron chi connectivity index (χ3n) is 2.23. The third-order valence-corrected chi connectivity index (χ3v) is 2.23. The van der Waals surface area contributed by atoms with E-state index in [4.69, 9.17) is 9.84 Å². The van der Waals surface area contributed by atoms with Gasteiger partial charge in [0.05, 0.1) is 0 Å². The lowest BCUT2D eigenvalue weighted by molar-refractivity contribution is -0.152. The highest BCUT2D eigenvalue weighted by atomic mass is 16.5. The number of aliphatic carboxylic acids is 1. The van der Waals surface area contributed by atoms with Crippen LogP contribution >= 0.6 is 0 Å². The van der Waals surface area contributed by atoms with Gasteiger partial charge in [0, 0.05) is 12.7 Å². The Balaban J connectivity index is 2.72. The first-order valence-corrected chi connectivity index (χ1v) is 5.36. The highest BCUT2D eigenvalue weighted by Crippen LogP contribution is 2.20. The number of carboxylic acid groups (broad SMARTS) is 1. The van der Waals surface area contributed by atoms with Gasteiger partial charge in [0.1, 0.15) is 5.75 Å². The number of rotatable bonds is 4. The Kier molecular flexibility index (Phi) is 4.14. The van der Waals surface area contributed by atoms with Gasteiger partial charge in [-0.1, -0.05) is 0 Å². The first kappa shape index (κ1) is 13.8. The first-order valence-electron chi connectivity index (χ1n) is 5.36. The summed E-state index contributed by atoms with van der Waals surface area (Å²) >= 11 is 0. The van der Waals surface area contributed by atoms with Gasteiger partial charge in [-0.15, -0.1) is 0 Å². The summed E-state index contributed by atoms with van der Waals surface area (Å²) in [6.07, 6.45) is 0. The molecular formula is C12H16N2O4. The van der Waals surface area contributed by atoms with E-state index in [0.717, 1.165) is 0 Å². The van der Waals surface area contributed by atoms with Crippen LogP contribution in [0.1, 0.15) is 13.8 Å². The average Bonchev–Trinajstić information content (AvgIpc) is 2.31. The summed E-state index contributed by atoms with van der Waals surface area (Å²) in [5.74, 6) is -0.625. The smallest absolute Gasteiger partial charge is 0.347 e. The third kappa shape index (κ3) is 3.65. The summed E-state index contributed by atoms with van der Waals surface area (Å²) in [6.45, 7) is 2.93. The molecule has 1 rings (SSSR count). The van der Waals surface area contributed by atoms with E-state index >= 15 is 0 Å².